The summed E-state index contributed by atoms with van der Waals surface area (Å²) in [5.74, 6) is -0.742. The first-order chi connectivity index (χ1) is 6.29. The SMILES string of the molecule is CO.O=C(O)CCc1ccccc1. The minimum Gasteiger partial charge on any atom is -0.481 e. The van der Waals surface area contributed by atoms with Crippen LogP contribution in [0.3, 0.4) is 0 Å². The maximum atomic E-state index is 10.2. The van der Waals surface area contributed by atoms with Crippen LogP contribution < -0.4 is 0 Å². The Bertz CT molecular complexity index is 231. The van der Waals surface area contributed by atoms with Crippen molar-refractivity contribution >= 4 is 5.97 Å². The van der Waals surface area contributed by atoms with Gasteiger partial charge < -0.3 is 10.2 Å². The third-order valence-corrected chi connectivity index (χ3v) is 1.47. The lowest BCUT2D eigenvalue weighted by Gasteiger charge is -1.95. The van der Waals surface area contributed by atoms with Crippen molar-refractivity contribution in [3.05, 3.63) is 35.9 Å². The fourth-order valence-electron chi connectivity index (χ4n) is 0.896. The lowest BCUT2D eigenvalue weighted by molar-refractivity contribution is -0.136. The fourth-order valence-corrected chi connectivity index (χ4v) is 0.896. The Morgan fingerprint density at radius 3 is 2.23 bits per heavy atom. The van der Waals surface area contributed by atoms with Gasteiger partial charge in [0, 0.05) is 13.5 Å². The molecule has 0 fully saturated rings. The molecule has 0 saturated heterocycles. The van der Waals surface area contributed by atoms with Gasteiger partial charge in [-0.15, -0.1) is 0 Å². The Balaban J connectivity index is 0.000000671. The highest BCUT2D eigenvalue weighted by Crippen LogP contribution is 2.01. The number of rotatable bonds is 3. The van der Waals surface area contributed by atoms with Gasteiger partial charge in [0.2, 0.25) is 0 Å². The average Bonchev–Trinajstić information content (AvgIpc) is 2.19. The molecule has 0 spiro atoms. The predicted molar refractivity (Wildman–Crippen MR) is 50.5 cm³/mol. The smallest absolute Gasteiger partial charge is 0.303 e. The van der Waals surface area contributed by atoms with E-state index in [1.165, 1.54) is 0 Å². The molecule has 0 radical (unpaired) electrons. The summed E-state index contributed by atoms with van der Waals surface area (Å²) in [6.45, 7) is 0. The van der Waals surface area contributed by atoms with E-state index in [-0.39, 0.29) is 6.42 Å². The molecule has 0 heterocycles. The van der Waals surface area contributed by atoms with Gasteiger partial charge in [-0.25, -0.2) is 0 Å². The molecule has 1 rings (SSSR count). The average molecular weight is 182 g/mol. The Kier molecular flexibility index (Phi) is 6.55. The predicted octanol–water partition coefficient (Wildman–Crippen LogP) is 1.31. The molecule has 0 amide bonds. The van der Waals surface area contributed by atoms with E-state index in [9.17, 15) is 4.79 Å². The van der Waals surface area contributed by atoms with Gasteiger partial charge in [0.1, 0.15) is 0 Å². The van der Waals surface area contributed by atoms with Crippen molar-refractivity contribution in [1.82, 2.24) is 0 Å². The molecule has 1 aromatic carbocycles. The molecular weight excluding hydrogens is 168 g/mol. The molecule has 0 aliphatic heterocycles. The van der Waals surface area contributed by atoms with E-state index >= 15 is 0 Å². The number of hydrogen-bond donors (Lipinski definition) is 2. The van der Waals surface area contributed by atoms with Crippen molar-refractivity contribution in [1.29, 1.82) is 0 Å². The zero-order chi connectivity index (χ0) is 10.1. The third kappa shape index (κ3) is 5.87. The topological polar surface area (TPSA) is 57.5 Å². The van der Waals surface area contributed by atoms with Crippen LogP contribution in [0.4, 0.5) is 0 Å². The summed E-state index contributed by atoms with van der Waals surface area (Å²) in [6.07, 6.45) is 0.834. The maximum absolute atomic E-state index is 10.2. The summed E-state index contributed by atoms with van der Waals surface area (Å²) < 4.78 is 0. The molecule has 3 heteroatoms. The van der Waals surface area contributed by atoms with Gasteiger partial charge in [-0.2, -0.15) is 0 Å². The number of aliphatic hydroxyl groups excluding tert-OH is 1. The molecule has 3 nitrogen and oxygen atoms in total. The Labute approximate surface area is 77.6 Å². The lowest BCUT2D eigenvalue weighted by atomic mass is 10.1. The van der Waals surface area contributed by atoms with Crippen molar-refractivity contribution in [3.8, 4) is 0 Å². The quantitative estimate of drug-likeness (QED) is 0.741. The lowest BCUT2D eigenvalue weighted by Crippen LogP contribution is -1.96. The summed E-state index contributed by atoms with van der Waals surface area (Å²) in [4.78, 5) is 10.2. The van der Waals surface area contributed by atoms with Gasteiger partial charge in [0.15, 0.2) is 0 Å². The van der Waals surface area contributed by atoms with Gasteiger partial charge >= 0.3 is 5.97 Å². The van der Waals surface area contributed by atoms with Crippen LogP contribution in [0.2, 0.25) is 0 Å². The molecule has 72 valence electrons. The summed E-state index contributed by atoms with van der Waals surface area (Å²) >= 11 is 0. The second-order valence-electron chi connectivity index (χ2n) is 2.38. The van der Waals surface area contributed by atoms with E-state index in [4.69, 9.17) is 10.2 Å². The van der Waals surface area contributed by atoms with Crippen molar-refractivity contribution < 1.29 is 15.0 Å². The molecule has 0 aromatic heterocycles. The van der Waals surface area contributed by atoms with Gasteiger partial charge in [0.05, 0.1) is 0 Å². The molecule has 0 unspecified atom stereocenters. The number of benzene rings is 1. The molecule has 0 aliphatic rings. The first-order valence-electron chi connectivity index (χ1n) is 3.99. The normalized spacial score (nSPS) is 8.46. The molecule has 0 atom stereocenters. The van der Waals surface area contributed by atoms with E-state index in [1.807, 2.05) is 30.3 Å². The van der Waals surface area contributed by atoms with Gasteiger partial charge in [-0.05, 0) is 12.0 Å². The van der Waals surface area contributed by atoms with E-state index in [2.05, 4.69) is 0 Å². The van der Waals surface area contributed by atoms with Crippen molar-refractivity contribution in [2.24, 2.45) is 0 Å². The number of aliphatic hydroxyl groups is 1. The molecule has 2 N–H and O–H groups in total. The monoisotopic (exact) mass is 182 g/mol. The highest BCUT2D eigenvalue weighted by molar-refractivity contribution is 5.67. The molecule has 1 aromatic rings. The van der Waals surface area contributed by atoms with Crippen LogP contribution in [-0.4, -0.2) is 23.3 Å². The minimum atomic E-state index is -0.742. The standard InChI is InChI=1S/C9H10O2.CH4O/c10-9(11)7-6-8-4-2-1-3-5-8;1-2/h1-5H,6-7H2,(H,10,11);2H,1H3. The van der Waals surface area contributed by atoms with Crippen LogP contribution in [0, 0.1) is 0 Å². The maximum Gasteiger partial charge on any atom is 0.303 e. The minimum absolute atomic E-state index is 0.212. The number of carbonyl (C=O) groups is 1. The summed E-state index contributed by atoms with van der Waals surface area (Å²) in [6, 6.07) is 9.62. The first-order valence-corrected chi connectivity index (χ1v) is 3.99. The van der Waals surface area contributed by atoms with Gasteiger partial charge in [-0.3, -0.25) is 4.79 Å². The molecule has 0 aliphatic carbocycles. The van der Waals surface area contributed by atoms with Crippen LogP contribution in [-0.2, 0) is 11.2 Å². The van der Waals surface area contributed by atoms with Crippen molar-refractivity contribution in [3.63, 3.8) is 0 Å². The summed E-state index contributed by atoms with van der Waals surface area (Å²) in [7, 11) is 1.00. The van der Waals surface area contributed by atoms with E-state index in [0.29, 0.717) is 6.42 Å². The Morgan fingerprint density at radius 2 is 1.77 bits per heavy atom. The largest absolute Gasteiger partial charge is 0.481 e. The molecular formula is C10H14O3. The fraction of sp³-hybridized carbons (Fsp3) is 0.300. The van der Waals surface area contributed by atoms with Crippen LogP contribution in [0.15, 0.2) is 30.3 Å². The van der Waals surface area contributed by atoms with Crippen LogP contribution in [0.5, 0.6) is 0 Å². The summed E-state index contributed by atoms with van der Waals surface area (Å²) in [5, 5.41) is 15.4. The van der Waals surface area contributed by atoms with Gasteiger partial charge in [-0.1, -0.05) is 30.3 Å². The van der Waals surface area contributed by atoms with E-state index in [0.717, 1.165) is 12.7 Å². The Hall–Kier alpha value is -1.35. The summed E-state index contributed by atoms with van der Waals surface area (Å²) in [5.41, 5.74) is 1.08. The van der Waals surface area contributed by atoms with E-state index in [1.54, 1.807) is 0 Å². The van der Waals surface area contributed by atoms with Crippen LogP contribution in [0.25, 0.3) is 0 Å². The molecule has 13 heavy (non-hydrogen) atoms. The van der Waals surface area contributed by atoms with Crippen LogP contribution in [0.1, 0.15) is 12.0 Å². The third-order valence-electron chi connectivity index (χ3n) is 1.47. The molecule has 0 saturated carbocycles. The second-order valence-corrected chi connectivity index (χ2v) is 2.38. The zero-order valence-corrected chi connectivity index (χ0v) is 7.60. The van der Waals surface area contributed by atoms with Crippen molar-refractivity contribution in [2.45, 2.75) is 12.8 Å². The highest BCUT2D eigenvalue weighted by Gasteiger charge is 1.96. The molecule has 0 bridgehead atoms. The highest BCUT2D eigenvalue weighted by atomic mass is 16.4. The number of aryl methyl sites for hydroxylation is 1. The second kappa shape index (κ2) is 7.31. The van der Waals surface area contributed by atoms with E-state index < -0.39 is 5.97 Å². The number of aliphatic carboxylic acids is 1. The number of carboxylic acid groups (broad SMARTS) is 1. The number of carboxylic acids is 1. The first kappa shape index (κ1) is 11.6. The van der Waals surface area contributed by atoms with Crippen molar-refractivity contribution in [2.75, 3.05) is 7.11 Å². The Morgan fingerprint density at radius 1 is 1.23 bits per heavy atom. The van der Waals surface area contributed by atoms with Crippen LogP contribution >= 0.6 is 0 Å². The zero-order valence-electron chi connectivity index (χ0n) is 7.60. The van der Waals surface area contributed by atoms with Gasteiger partial charge in [0.25, 0.3) is 0 Å². The number of hydrogen-bond acceptors (Lipinski definition) is 2.